The van der Waals surface area contributed by atoms with Crippen molar-refractivity contribution in [2.75, 3.05) is 41.5 Å². The zero-order chi connectivity index (χ0) is 19.8. The van der Waals surface area contributed by atoms with Gasteiger partial charge in [0.15, 0.2) is 5.78 Å². The van der Waals surface area contributed by atoms with Crippen LogP contribution in [0.4, 0.5) is 0 Å². The number of pyridine rings is 1. The maximum atomic E-state index is 13.3. The number of hydrogen-bond acceptors (Lipinski definition) is 6. The minimum Gasteiger partial charge on any atom is -0.497 e. The Morgan fingerprint density at radius 3 is 2.36 bits per heavy atom. The Balaban J connectivity index is 1.96. The number of methoxy groups -OCH3 is 2. The van der Waals surface area contributed by atoms with E-state index in [0.717, 1.165) is 23.1 Å². The third kappa shape index (κ3) is 2.96. The average molecular weight is 378 g/mol. The molecule has 0 saturated heterocycles. The molecule has 4 rings (SSSR count). The van der Waals surface area contributed by atoms with Crippen LogP contribution in [-0.2, 0) is 0 Å². The Morgan fingerprint density at radius 2 is 1.64 bits per heavy atom. The Labute approximate surface area is 163 Å². The molecule has 0 N–H and O–H groups in total. The molecular weight excluding hydrogens is 356 g/mol. The van der Waals surface area contributed by atoms with Crippen molar-refractivity contribution in [3.05, 3.63) is 47.5 Å². The molecule has 1 aliphatic carbocycles. The maximum Gasteiger partial charge on any atom is 0.222 e. The van der Waals surface area contributed by atoms with Crippen molar-refractivity contribution in [2.45, 2.75) is 0 Å². The van der Waals surface area contributed by atoms with E-state index in [1.54, 1.807) is 26.4 Å². The third-order valence-corrected chi connectivity index (χ3v) is 4.90. The molecule has 0 unspecified atom stereocenters. The van der Waals surface area contributed by atoms with Gasteiger partial charge in [-0.25, -0.2) is 4.98 Å². The molecule has 6 heteroatoms. The van der Waals surface area contributed by atoms with Crippen molar-refractivity contribution in [2.24, 2.45) is 0 Å². The Morgan fingerprint density at radius 1 is 0.929 bits per heavy atom. The van der Waals surface area contributed by atoms with Gasteiger partial charge in [-0.2, -0.15) is 0 Å². The smallest absolute Gasteiger partial charge is 0.222 e. The lowest BCUT2D eigenvalue weighted by Gasteiger charge is -2.15. The highest BCUT2D eigenvalue weighted by Crippen LogP contribution is 2.46. The van der Waals surface area contributed by atoms with Gasteiger partial charge < -0.3 is 19.1 Å². The highest BCUT2D eigenvalue weighted by atomic mass is 16.5. The van der Waals surface area contributed by atoms with Crippen molar-refractivity contribution in [1.29, 1.82) is 0 Å². The standard InChI is InChI=1S/C22H22N2O4/c1-24(2)9-10-28-22-20-16-11-13(26-3)5-7-15(16)21(25)19(20)17-12-14(27-4)6-8-18(17)23-22/h5-8,11-12H,9-10H2,1-4H3. The lowest BCUT2D eigenvalue weighted by molar-refractivity contribution is 0.104. The Hall–Kier alpha value is -3.12. The van der Waals surface area contributed by atoms with Crippen molar-refractivity contribution >= 4 is 16.7 Å². The number of benzene rings is 2. The summed E-state index contributed by atoms with van der Waals surface area (Å²) in [6.45, 7) is 1.22. The maximum absolute atomic E-state index is 13.3. The van der Waals surface area contributed by atoms with E-state index in [1.807, 2.05) is 43.3 Å². The zero-order valence-electron chi connectivity index (χ0n) is 16.4. The molecule has 0 saturated carbocycles. The molecule has 0 atom stereocenters. The molecule has 0 fully saturated rings. The molecule has 0 bridgehead atoms. The number of aromatic nitrogens is 1. The first kappa shape index (κ1) is 18.3. The summed E-state index contributed by atoms with van der Waals surface area (Å²) in [5, 5.41) is 0.759. The van der Waals surface area contributed by atoms with E-state index in [1.165, 1.54) is 0 Å². The summed E-state index contributed by atoms with van der Waals surface area (Å²) in [6.07, 6.45) is 0. The lowest BCUT2D eigenvalue weighted by atomic mass is 10.0. The summed E-state index contributed by atoms with van der Waals surface area (Å²) in [6, 6.07) is 11.0. The van der Waals surface area contributed by atoms with E-state index in [-0.39, 0.29) is 5.78 Å². The van der Waals surface area contributed by atoms with E-state index in [0.29, 0.717) is 40.6 Å². The summed E-state index contributed by atoms with van der Waals surface area (Å²) in [7, 11) is 7.18. The topological polar surface area (TPSA) is 60.9 Å². The van der Waals surface area contributed by atoms with Gasteiger partial charge in [-0.1, -0.05) is 0 Å². The van der Waals surface area contributed by atoms with Gasteiger partial charge in [-0.05, 0) is 50.5 Å². The molecule has 28 heavy (non-hydrogen) atoms. The Bertz CT molecular complexity index is 1080. The molecule has 1 aliphatic rings. The minimum absolute atomic E-state index is 0.0363. The summed E-state index contributed by atoms with van der Waals surface area (Å²) < 4.78 is 16.7. The first-order valence-corrected chi connectivity index (χ1v) is 9.06. The van der Waals surface area contributed by atoms with Crippen LogP contribution < -0.4 is 14.2 Å². The van der Waals surface area contributed by atoms with Crippen molar-refractivity contribution < 1.29 is 19.0 Å². The van der Waals surface area contributed by atoms with E-state index in [4.69, 9.17) is 19.2 Å². The lowest BCUT2D eigenvalue weighted by Crippen LogP contribution is -2.20. The summed E-state index contributed by atoms with van der Waals surface area (Å²) in [5.74, 6) is 1.80. The second kappa shape index (κ2) is 7.13. The highest BCUT2D eigenvalue weighted by molar-refractivity contribution is 6.28. The average Bonchev–Trinajstić information content (AvgIpc) is 3.00. The predicted octanol–water partition coefficient (Wildman–Crippen LogP) is 3.40. The van der Waals surface area contributed by atoms with Crippen LogP contribution in [0.5, 0.6) is 17.4 Å². The second-order valence-corrected chi connectivity index (χ2v) is 6.94. The van der Waals surface area contributed by atoms with E-state index >= 15 is 0 Å². The number of fused-ring (bicyclic) bond motifs is 5. The van der Waals surface area contributed by atoms with Crippen LogP contribution in [0.2, 0.25) is 0 Å². The molecule has 1 aromatic heterocycles. The van der Waals surface area contributed by atoms with Gasteiger partial charge in [0.05, 0.1) is 25.3 Å². The quantitative estimate of drug-likeness (QED) is 0.512. The van der Waals surface area contributed by atoms with Crippen LogP contribution in [0.1, 0.15) is 15.9 Å². The van der Waals surface area contributed by atoms with Gasteiger partial charge in [0, 0.05) is 28.6 Å². The molecule has 1 heterocycles. The number of ketones is 1. The van der Waals surface area contributed by atoms with Crippen LogP contribution in [0.3, 0.4) is 0 Å². The zero-order valence-corrected chi connectivity index (χ0v) is 16.4. The number of nitrogens with zero attached hydrogens (tertiary/aromatic N) is 2. The molecule has 6 nitrogen and oxygen atoms in total. The van der Waals surface area contributed by atoms with E-state index in [2.05, 4.69) is 0 Å². The SMILES string of the molecule is COc1ccc2c(c1)-c1c(OCCN(C)C)nc3ccc(OC)cc3c1C2=O. The number of hydrogen-bond donors (Lipinski definition) is 0. The van der Waals surface area contributed by atoms with Gasteiger partial charge in [0.1, 0.15) is 18.1 Å². The van der Waals surface area contributed by atoms with E-state index in [9.17, 15) is 4.79 Å². The van der Waals surface area contributed by atoms with Crippen molar-refractivity contribution in [3.8, 4) is 28.5 Å². The molecule has 2 aromatic carbocycles. The van der Waals surface area contributed by atoms with Gasteiger partial charge in [-0.3, -0.25) is 4.79 Å². The van der Waals surface area contributed by atoms with E-state index < -0.39 is 0 Å². The van der Waals surface area contributed by atoms with Crippen LogP contribution >= 0.6 is 0 Å². The summed E-state index contributed by atoms with van der Waals surface area (Å²) in [4.78, 5) is 20.0. The molecule has 144 valence electrons. The van der Waals surface area contributed by atoms with Crippen LogP contribution in [0, 0.1) is 0 Å². The number of likely N-dealkylation sites (N-methyl/N-ethyl adjacent to an activating group) is 1. The molecular formula is C22H22N2O4. The fraction of sp³-hybridized carbons (Fsp3) is 0.273. The fourth-order valence-corrected chi connectivity index (χ4v) is 3.45. The first-order valence-electron chi connectivity index (χ1n) is 9.06. The first-order chi connectivity index (χ1) is 13.5. The van der Waals surface area contributed by atoms with Crippen molar-refractivity contribution in [3.63, 3.8) is 0 Å². The van der Waals surface area contributed by atoms with Gasteiger partial charge in [0.25, 0.3) is 0 Å². The number of rotatable bonds is 6. The second-order valence-electron chi connectivity index (χ2n) is 6.94. The van der Waals surface area contributed by atoms with Gasteiger partial charge >= 0.3 is 0 Å². The van der Waals surface area contributed by atoms with Crippen LogP contribution in [0.15, 0.2) is 36.4 Å². The third-order valence-electron chi connectivity index (χ3n) is 4.90. The van der Waals surface area contributed by atoms with Crippen LogP contribution in [-0.4, -0.2) is 57.1 Å². The molecule has 0 spiro atoms. The Kier molecular flexibility index (Phi) is 4.65. The van der Waals surface area contributed by atoms with Crippen molar-refractivity contribution in [1.82, 2.24) is 9.88 Å². The number of ether oxygens (including phenoxy) is 3. The number of carbonyl (C=O) groups is 1. The monoisotopic (exact) mass is 378 g/mol. The molecule has 0 radical (unpaired) electrons. The summed E-state index contributed by atoms with van der Waals surface area (Å²) in [5.41, 5.74) is 3.44. The number of carbonyl (C=O) groups excluding carboxylic acids is 1. The fourth-order valence-electron chi connectivity index (χ4n) is 3.45. The molecule has 0 amide bonds. The highest BCUT2D eigenvalue weighted by Gasteiger charge is 2.33. The normalized spacial score (nSPS) is 12.2. The minimum atomic E-state index is -0.0363. The predicted molar refractivity (Wildman–Crippen MR) is 108 cm³/mol. The summed E-state index contributed by atoms with van der Waals surface area (Å²) >= 11 is 0. The van der Waals surface area contributed by atoms with Gasteiger partial charge in [-0.15, -0.1) is 0 Å². The largest absolute Gasteiger partial charge is 0.497 e. The van der Waals surface area contributed by atoms with Gasteiger partial charge in [0.2, 0.25) is 5.88 Å². The van der Waals surface area contributed by atoms with Crippen LogP contribution in [0.25, 0.3) is 22.0 Å². The molecule has 3 aromatic rings. The molecule has 0 aliphatic heterocycles.